The third kappa shape index (κ3) is 5.14. The van der Waals surface area contributed by atoms with Crippen LogP contribution < -0.4 is 5.32 Å². The molecular formula is C20H14N2O3S2. The minimum Gasteiger partial charge on any atom is -0.452 e. The van der Waals surface area contributed by atoms with Crippen LogP contribution in [-0.2, 0) is 14.3 Å². The number of nitrogens with one attached hydrogen (secondary N) is 1. The van der Waals surface area contributed by atoms with Crippen LogP contribution in [0.4, 0.5) is 5.69 Å². The number of hydrogen-bond donors (Lipinski definition) is 1. The largest absolute Gasteiger partial charge is 0.452 e. The fourth-order valence-corrected chi connectivity index (χ4v) is 3.64. The summed E-state index contributed by atoms with van der Waals surface area (Å²) in [6, 6.07) is 16.0. The number of hydrogen-bond acceptors (Lipinski definition) is 6. The summed E-state index contributed by atoms with van der Waals surface area (Å²) in [4.78, 5) is 26.3. The van der Waals surface area contributed by atoms with Gasteiger partial charge >= 0.3 is 5.97 Å². The Balaban J connectivity index is 1.65. The smallest absolute Gasteiger partial charge is 0.340 e. The van der Waals surface area contributed by atoms with Crippen molar-refractivity contribution in [2.75, 3.05) is 11.9 Å². The van der Waals surface area contributed by atoms with E-state index in [1.807, 2.05) is 41.1 Å². The minimum atomic E-state index is -0.563. The van der Waals surface area contributed by atoms with Crippen LogP contribution in [0.25, 0.3) is 11.6 Å². The van der Waals surface area contributed by atoms with Crippen LogP contribution in [0.2, 0.25) is 0 Å². The standard InChI is InChI=1S/C20H14N2O3S2/c21-12-14-4-1-5-15(10-14)22-19(23)13-25-20(24)17(18-7-3-9-27-18)11-16-6-2-8-26-16/h1-11H,13H2,(H,22,23). The second-order valence-corrected chi connectivity index (χ2v) is 7.29. The molecule has 3 aromatic rings. The summed E-state index contributed by atoms with van der Waals surface area (Å²) in [7, 11) is 0. The van der Waals surface area contributed by atoms with E-state index < -0.39 is 18.5 Å². The van der Waals surface area contributed by atoms with Crippen LogP contribution in [0.3, 0.4) is 0 Å². The second kappa shape index (κ2) is 8.94. The number of carbonyl (C=O) groups is 2. The van der Waals surface area contributed by atoms with Crippen molar-refractivity contribution >= 4 is 51.9 Å². The van der Waals surface area contributed by atoms with E-state index in [0.717, 1.165) is 9.75 Å². The molecule has 27 heavy (non-hydrogen) atoms. The Morgan fingerprint density at radius 2 is 1.93 bits per heavy atom. The van der Waals surface area contributed by atoms with Gasteiger partial charge in [0, 0.05) is 15.4 Å². The maximum Gasteiger partial charge on any atom is 0.340 e. The summed E-state index contributed by atoms with van der Waals surface area (Å²) in [5.41, 5.74) is 1.32. The van der Waals surface area contributed by atoms with Crippen molar-refractivity contribution in [1.82, 2.24) is 0 Å². The fraction of sp³-hybridized carbons (Fsp3) is 0.0500. The summed E-state index contributed by atoms with van der Waals surface area (Å²) >= 11 is 2.94. The molecule has 0 bridgehead atoms. The van der Waals surface area contributed by atoms with Gasteiger partial charge in [0.1, 0.15) is 0 Å². The third-order valence-electron chi connectivity index (χ3n) is 3.45. The molecule has 1 aromatic carbocycles. The first-order chi connectivity index (χ1) is 13.2. The monoisotopic (exact) mass is 394 g/mol. The number of esters is 1. The van der Waals surface area contributed by atoms with Gasteiger partial charge in [-0.25, -0.2) is 4.79 Å². The predicted octanol–water partition coefficient (Wildman–Crippen LogP) is 4.40. The lowest BCUT2D eigenvalue weighted by molar-refractivity contribution is -0.141. The van der Waals surface area contributed by atoms with Gasteiger partial charge in [0.25, 0.3) is 5.91 Å². The third-order valence-corrected chi connectivity index (χ3v) is 5.17. The molecule has 0 saturated carbocycles. The van der Waals surface area contributed by atoms with E-state index in [0.29, 0.717) is 16.8 Å². The number of ether oxygens (including phenoxy) is 1. The zero-order chi connectivity index (χ0) is 19.1. The normalized spacial score (nSPS) is 10.9. The maximum absolute atomic E-state index is 12.5. The average molecular weight is 394 g/mol. The molecule has 134 valence electrons. The Morgan fingerprint density at radius 3 is 2.63 bits per heavy atom. The minimum absolute atomic E-state index is 0.409. The number of nitriles is 1. The molecule has 2 aromatic heterocycles. The zero-order valence-electron chi connectivity index (χ0n) is 14.0. The molecule has 5 nitrogen and oxygen atoms in total. The van der Waals surface area contributed by atoms with Crippen LogP contribution in [-0.4, -0.2) is 18.5 Å². The number of benzene rings is 1. The SMILES string of the molecule is N#Cc1cccc(NC(=O)COC(=O)C(=Cc2cccs2)c2cccs2)c1. The number of anilines is 1. The Hall–Kier alpha value is -3.21. The molecule has 0 saturated heterocycles. The lowest BCUT2D eigenvalue weighted by atomic mass is 10.2. The van der Waals surface area contributed by atoms with Crippen LogP contribution in [0.1, 0.15) is 15.3 Å². The van der Waals surface area contributed by atoms with E-state index in [-0.39, 0.29) is 0 Å². The highest BCUT2D eigenvalue weighted by atomic mass is 32.1. The van der Waals surface area contributed by atoms with Crippen molar-refractivity contribution in [2.24, 2.45) is 0 Å². The second-order valence-electron chi connectivity index (χ2n) is 5.37. The quantitative estimate of drug-likeness (QED) is 0.496. The Morgan fingerprint density at radius 1 is 1.11 bits per heavy atom. The van der Waals surface area contributed by atoms with Gasteiger partial charge in [-0.05, 0) is 47.2 Å². The molecule has 0 spiro atoms. The van der Waals surface area contributed by atoms with E-state index in [4.69, 9.17) is 10.00 Å². The van der Waals surface area contributed by atoms with Crippen molar-refractivity contribution in [3.63, 3.8) is 0 Å². The zero-order valence-corrected chi connectivity index (χ0v) is 15.7. The number of thiophene rings is 2. The van der Waals surface area contributed by atoms with Gasteiger partial charge in [-0.3, -0.25) is 4.79 Å². The Labute approximate surface area is 164 Å². The molecule has 0 aliphatic heterocycles. The van der Waals surface area contributed by atoms with Gasteiger partial charge < -0.3 is 10.1 Å². The molecule has 0 fully saturated rings. The molecule has 3 rings (SSSR count). The summed E-state index contributed by atoms with van der Waals surface area (Å²) < 4.78 is 5.19. The average Bonchev–Trinajstić information content (AvgIpc) is 3.38. The van der Waals surface area contributed by atoms with Gasteiger partial charge in [0.05, 0.1) is 17.2 Å². The molecular weight excluding hydrogens is 380 g/mol. The molecule has 0 radical (unpaired) electrons. The van der Waals surface area contributed by atoms with Crippen LogP contribution in [0.15, 0.2) is 59.3 Å². The van der Waals surface area contributed by atoms with Gasteiger partial charge in [-0.2, -0.15) is 5.26 Å². The van der Waals surface area contributed by atoms with Crippen molar-refractivity contribution in [1.29, 1.82) is 5.26 Å². The topological polar surface area (TPSA) is 79.2 Å². The molecule has 2 heterocycles. The van der Waals surface area contributed by atoms with E-state index in [9.17, 15) is 9.59 Å². The lowest BCUT2D eigenvalue weighted by Gasteiger charge is -2.08. The number of amides is 1. The highest BCUT2D eigenvalue weighted by Crippen LogP contribution is 2.25. The molecule has 0 atom stereocenters. The summed E-state index contributed by atoms with van der Waals surface area (Å²) in [6.07, 6.45) is 1.76. The highest BCUT2D eigenvalue weighted by molar-refractivity contribution is 7.12. The summed E-state index contributed by atoms with van der Waals surface area (Å²) in [5.74, 6) is -1.04. The van der Waals surface area contributed by atoms with Crippen molar-refractivity contribution < 1.29 is 14.3 Å². The van der Waals surface area contributed by atoms with Crippen LogP contribution in [0.5, 0.6) is 0 Å². The van der Waals surface area contributed by atoms with Gasteiger partial charge in [-0.15, -0.1) is 22.7 Å². The maximum atomic E-state index is 12.5. The number of carbonyl (C=O) groups excluding carboxylic acids is 2. The van der Waals surface area contributed by atoms with Crippen LogP contribution in [0, 0.1) is 11.3 Å². The first kappa shape index (κ1) is 18.6. The van der Waals surface area contributed by atoms with E-state index in [1.165, 1.54) is 22.7 Å². The predicted molar refractivity (Wildman–Crippen MR) is 107 cm³/mol. The molecule has 1 amide bonds. The lowest BCUT2D eigenvalue weighted by Crippen LogP contribution is -2.21. The van der Waals surface area contributed by atoms with Gasteiger partial charge in [-0.1, -0.05) is 18.2 Å². The van der Waals surface area contributed by atoms with Crippen LogP contribution >= 0.6 is 22.7 Å². The van der Waals surface area contributed by atoms with Gasteiger partial charge in [0.2, 0.25) is 0 Å². The molecule has 0 unspecified atom stereocenters. The van der Waals surface area contributed by atoms with E-state index in [2.05, 4.69) is 5.32 Å². The van der Waals surface area contributed by atoms with Gasteiger partial charge in [0.15, 0.2) is 6.61 Å². The first-order valence-electron chi connectivity index (χ1n) is 7.92. The molecule has 0 aliphatic carbocycles. The first-order valence-corrected chi connectivity index (χ1v) is 9.68. The Bertz CT molecular complexity index is 1000. The molecule has 7 heteroatoms. The van der Waals surface area contributed by atoms with Crippen molar-refractivity contribution in [3.8, 4) is 6.07 Å². The van der Waals surface area contributed by atoms with E-state index in [1.54, 1.807) is 30.3 Å². The summed E-state index contributed by atoms with van der Waals surface area (Å²) in [6.45, 7) is -0.414. The number of nitrogens with zero attached hydrogens (tertiary/aromatic N) is 1. The molecule has 1 N–H and O–H groups in total. The van der Waals surface area contributed by atoms with E-state index >= 15 is 0 Å². The fourth-order valence-electron chi connectivity index (χ4n) is 2.25. The molecule has 0 aliphatic rings. The van der Waals surface area contributed by atoms with Crippen molar-refractivity contribution in [2.45, 2.75) is 0 Å². The number of rotatable bonds is 6. The summed E-state index contributed by atoms with van der Waals surface area (Å²) in [5, 5.41) is 15.3. The highest BCUT2D eigenvalue weighted by Gasteiger charge is 2.17. The Kier molecular flexibility index (Phi) is 6.15. The van der Waals surface area contributed by atoms with Crippen molar-refractivity contribution in [3.05, 3.63) is 74.6 Å².